The fourth-order valence-corrected chi connectivity index (χ4v) is 0.841. The van der Waals surface area contributed by atoms with Gasteiger partial charge in [-0.25, -0.2) is 0 Å². The van der Waals surface area contributed by atoms with E-state index in [-0.39, 0.29) is 49.2 Å². The molecule has 0 bridgehead atoms. The van der Waals surface area contributed by atoms with Crippen LogP contribution in [-0.4, -0.2) is 43.5 Å². The largest absolute Gasteiger partial charge is 2.00 e. The normalized spacial score (nSPS) is 7.63. The number of thiol groups is 1. The van der Waals surface area contributed by atoms with E-state index in [1.54, 1.807) is 30.3 Å². The maximum atomic E-state index is 10.3. The predicted molar refractivity (Wildman–Crippen MR) is 81.6 cm³/mol. The van der Waals surface area contributed by atoms with E-state index in [2.05, 4.69) is 19.2 Å². The molecule has 0 aliphatic rings. The summed E-state index contributed by atoms with van der Waals surface area (Å²) in [5.74, 6) is 0.921. The molecule has 2 aromatic rings. The number of rotatable bonds is 1. The second kappa shape index (κ2) is 15.4. The van der Waals surface area contributed by atoms with Crippen LogP contribution in [-0.2, 0) is 0 Å². The Morgan fingerprint density at radius 1 is 0.842 bits per heavy atom. The molecule has 0 aliphatic carbocycles. The third-order valence-electron chi connectivity index (χ3n) is 1.62. The Morgan fingerprint density at radius 3 is 1.21 bits per heavy atom. The molecule has 0 spiro atoms. The average Bonchev–Trinajstić information content (AvgIpc) is 2.41. The van der Waals surface area contributed by atoms with Gasteiger partial charge in [-0.05, 0) is 0 Å². The molecule has 4 heteroatoms. The van der Waals surface area contributed by atoms with E-state index < -0.39 is 0 Å². The molecule has 2 aromatic carbocycles. The van der Waals surface area contributed by atoms with Crippen molar-refractivity contribution >= 4 is 50.4 Å². The monoisotopic (exact) mass is 300 g/mol. The first kappa shape index (κ1) is 20.7. The van der Waals surface area contributed by atoms with Gasteiger partial charge in [0.1, 0.15) is 0 Å². The fourth-order valence-electron chi connectivity index (χ4n) is 0.841. The molecule has 0 saturated heterocycles. The van der Waals surface area contributed by atoms with E-state index in [1.807, 2.05) is 12.1 Å². The van der Waals surface area contributed by atoms with Crippen LogP contribution < -0.4 is 10.2 Å². The molecule has 0 N–H and O–H groups in total. The number of hydrogen-bond acceptors (Lipinski definition) is 3. The zero-order valence-electron chi connectivity index (χ0n) is 10.7. The minimum atomic E-state index is 0. The first-order chi connectivity index (χ1) is 8.70. The van der Waals surface area contributed by atoms with Gasteiger partial charge in [-0.3, -0.25) is 0 Å². The first-order valence-corrected chi connectivity index (χ1v) is 5.99. The maximum absolute atomic E-state index is 10.3. The van der Waals surface area contributed by atoms with E-state index in [0.717, 1.165) is 5.75 Å². The predicted octanol–water partition coefficient (Wildman–Crippen LogP) is 2.24. The number of para-hydroxylation sites is 2. The zero-order valence-corrected chi connectivity index (χ0v) is 13.8. The van der Waals surface area contributed by atoms with Gasteiger partial charge in [0.05, 0.1) is 0 Å². The van der Waals surface area contributed by atoms with Gasteiger partial charge in [0.15, 0.2) is 0 Å². The Labute approximate surface area is 150 Å². The van der Waals surface area contributed by atoms with Gasteiger partial charge in [0, 0.05) is 5.75 Å². The minimum absolute atomic E-state index is 0. The van der Waals surface area contributed by atoms with Crippen LogP contribution >= 0.6 is 12.6 Å². The van der Waals surface area contributed by atoms with Gasteiger partial charge in [0.2, 0.25) is 0 Å². The molecule has 2 nitrogen and oxygen atoms in total. The van der Waals surface area contributed by atoms with Crippen molar-refractivity contribution in [3.8, 4) is 11.5 Å². The van der Waals surface area contributed by atoms with Crippen LogP contribution in [0, 0.1) is 0 Å². The molecular weight excluding hydrogens is 284 g/mol. The summed E-state index contributed by atoms with van der Waals surface area (Å²) in [4.78, 5) is 0. The van der Waals surface area contributed by atoms with Crippen molar-refractivity contribution in [1.29, 1.82) is 0 Å². The third-order valence-corrected chi connectivity index (χ3v) is 1.87. The smallest absolute Gasteiger partial charge is 0.872 e. The molecule has 19 heavy (non-hydrogen) atoms. The van der Waals surface area contributed by atoms with Crippen molar-refractivity contribution in [3.05, 3.63) is 73.3 Å². The summed E-state index contributed by atoms with van der Waals surface area (Å²) < 4.78 is 0. The van der Waals surface area contributed by atoms with E-state index in [1.165, 1.54) is 24.3 Å². The third kappa shape index (κ3) is 15.3. The molecule has 0 heterocycles. The van der Waals surface area contributed by atoms with Crippen molar-refractivity contribution in [2.75, 3.05) is 5.75 Å². The second-order valence-electron chi connectivity index (χ2n) is 3.10. The molecule has 0 unspecified atom stereocenters. The van der Waals surface area contributed by atoms with Crippen molar-refractivity contribution in [2.45, 2.75) is 0 Å². The Bertz CT molecular complexity index is 370. The molecular formula is C15H16CaO2S. The van der Waals surface area contributed by atoms with Crippen LogP contribution in [0.1, 0.15) is 0 Å². The summed E-state index contributed by atoms with van der Waals surface area (Å²) >= 11 is 3.80. The van der Waals surface area contributed by atoms with Gasteiger partial charge in [-0.15, -0.1) is 18.1 Å². The molecule has 0 saturated carbocycles. The first-order valence-electron chi connectivity index (χ1n) is 5.36. The van der Waals surface area contributed by atoms with E-state index in [4.69, 9.17) is 0 Å². The van der Waals surface area contributed by atoms with Crippen LogP contribution in [0.15, 0.2) is 73.3 Å². The molecule has 0 amide bonds. The van der Waals surface area contributed by atoms with Crippen LogP contribution in [0.5, 0.6) is 11.5 Å². The summed E-state index contributed by atoms with van der Waals surface area (Å²) in [7, 11) is 0. The fraction of sp³-hybridized carbons (Fsp3) is 0.0667. The molecule has 0 aromatic heterocycles. The Kier molecular flexibility index (Phi) is 16.8. The molecule has 0 atom stereocenters. The minimum Gasteiger partial charge on any atom is -0.872 e. The van der Waals surface area contributed by atoms with Gasteiger partial charge < -0.3 is 10.2 Å². The van der Waals surface area contributed by atoms with Crippen LogP contribution in [0.3, 0.4) is 0 Å². The maximum Gasteiger partial charge on any atom is 2.00 e. The van der Waals surface area contributed by atoms with Gasteiger partial charge in [-0.2, -0.15) is 12.6 Å². The molecule has 96 valence electrons. The molecule has 0 aliphatic heterocycles. The van der Waals surface area contributed by atoms with Crippen LogP contribution in [0.4, 0.5) is 0 Å². The summed E-state index contributed by atoms with van der Waals surface area (Å²) in [5, 5.41) is 20.5. The van der Waals surface area contributed by atoms with Gasteiger partial charge in [-0.1, -0.05) is 66.7 Å². The summed E-state index contributed by atoms with van der Waals surface area (Å²) in [6.07, 6.45) is 1.74. The Hall–Kier alpha value is -0.610. The van der Waals surface area contributed by atoms with Gasteiger partial charge >= 0.3 is 37.7 Å². The molecule has 0 radical (unpaired) electrons. The topological polar surface area (TPSA) is 46.1 Å². The van der Waals surface area contributed by atoms with Crippen LogP contribution in [0.2, 0.25) is 0 Å². The van der Waals surface area contributed by atoms with Crippen molar-refractivity contribution in [3.63, 3.8) is 0 Å². The zero-order chi connectivity index (χ0) is 13.6. The Morgan fingerprint density at radius 2 is 1.11 bits per heavy atom. The molecule has 0 fully saturated rings. The number of benzene rings is 2. The molecule has 2 rings (SSSR count). The van der Waals surface area contributed by atoms with E-state index in [0.29, 0.717) is 0 Å². The van der Waals surface area contributed by atoms with Crippen molar-refractivity contribution < 1.29 is 10.2 Å². The summed E-state index contributed by atoms with van der Waals surface area (Å²) in [6, 6.07) is 16.7. The Balaban J connectivity index is 0. The SMILES string of the molecule is C=CCS.[Ca+2].[O-]c1ccccc1.[O-]c1ccccc1. The van der Waals surface area contributed by atoms with Crippen LogP contribution in [0.25, 0.3) is 0 Å². The average molecular weight is 300 g/mol. The van der Waals surface area contributed by atoms with Crippen molar-refractivity contribution in [2.24, 2.45) is 0 Å². The quantitative estimate of drug-likeness (QED) is 0.499. The van der Waals surface area contributed by atoms with E-state index >= 15 is 0 Å². The standard InChI is InChI=1S/2C6H6O.C3H6S.Ca/c2*7-6-4-2-1-3-5-6;1-2-3-4;/h2*1-5,7H;2,4H,1,3H2;/q;;;+2/p-2. The van der Waals surface area contributed by atoms with Crippen molar-refractivity contribution in [1.82, 2.24) is 0 Å². The van der Waals surface area contributed by atoms with E-state index in [9.17, 15) is 10.2 Å². The second-order valence-corrected chi connectivity index (χ2v) is 3.46. The summed E-state index contributed by atoms with van der Waals surface area (Å²) in [5.41, 5.74) is 0. The number of hydrogen-bond donors (Lipinski definition) is 1. The van der Waals surface area contributed by atoms with Gasteiger partial charge in [0.25, 0.3) is 0 Å². The summed E-state index contributed by atoms with van der Waals surface area (Å²) in [6.45, 7) is 3.40.